The van der Waals surface area contributed by atoms with Gasteiger partial charge in [0, 0.05) is 16.0 Å². The van der Waals surface area contributed by atoms with Crippen molar-refractivity contribution in [3.63, 3.8) is 0 Å². The van der Waals surface area contributed by atoms with Gasteiger partial charge in [-0.15, -0.1) is 0 Å². The predicted octanol–water partition coefficient (Wildman–Crippen LogP) is 3.87. The molecule has 7 heteroatoms. The van der Waals surface area contributed by atoms with Gasteiger partial charge in [0.1, 0.15) is 0 Å². The third-order valence-corrected chi connectivity index (χ3v) is 4.81. The first-order valence-electron chi connectivity index (χ1n) is 8.68. The summed E-state index contributed by atoms with van der Waals surface area (Å²) in [4.78, 5) is 12.9. The van der Waals surface area contributed by atoms with Gasteiger partial charge in [-0.1, -0.05) is 41.9 Å². The summed E-state index contributed by atoms with van der Waals surface area (Å²) >= 11 is 5.93. The van der Waals surface area contributed by atoms with Crippen LogP contribution in [-0.4, -0.2) is 23.2 Å². The topological polar surface area (TPSA) is 56.2 Å². The Bertz CT molecular complexity index is 1150. The average molecular weight is 398 g/mol. The van der Waals surface area contributed by atoms with Crippen LogP contribution in [-0.2, 0) is 11.3 Å². The fourth-order valence-electron chi connectivity index (χ4n) is 3.14. The van der Waals surface area contributed by atoms with Crippen molar-refractivity contribution in [2.45, 2.75) is 12.8 Å². The first kappa shape index (κ1) is 18.3. The summed E-state index contributed by atoms with van der Waals surface area (Å²) < 4.78 is 21.2. The highest BCUT2D eigenvalue weighted by Gasteiger charge is 2.24. The molecular formula is C21H17ClFN3O2. The lowest BCUT2D eigenvalue weighted by molar-refractivity contribution is 0.223. The summed E-state index contributed by atoms with van der Waals surface area (Å²) in [6.45, 7) is 0.255. The highest BCUT2D eigenvalue weighted by atomic mass is 35.5. The quantitative estimate of drug-likeness (QED) is 0.679. The summed E-state index contributed by atoms with van der Waals surface area (Å²) in [7, 11) is 1.46. The number of halogens is 2. The van der Waals surface area contributed by atoms with Crippen LogP contribution < -0.4 is 10.9 Å². The van der Waals surface area contributed by atoms with Gasteiger partial charge in [0.2, 0.25) is 0 Å². The summed E-state index contributed by atoms with van der Waals surface area (Å²) in [6, 6.07) is 14.3. The van der Waals surface area contributed by atoms with Crippen LogP contribution in [0.2, 0.25) is 5.02 Å². The molecule has 2 heterocycles. The third kappa shape index (κ3) is 3.39. The van der Waals surface area contributed by atoms with E-state index in [4.69, 9.17) is 16.3 Å². The minimum Gasteiger partial charge on any atom is -0.482 e. The molecule has 0 radical (unpaired) electrons. The van der Waals surface area contributed by atoms with E-state index >= 15 is 0 Å². The number of nitrogens with one attached hydrogen (secondary N) is 1. The number of hydrogen-bond donors (Lipinski definition) is 1. The maximum absolute atomic E-state index is 14.8. The van der Waals surface area contributed by atoms with Gasteiger partial charge in [-0.3, -0.25) is 4.79 Å². The van der Waals surface area contributed by atoms with E-state index in [0.717, 1.165) is 5.56 Å². The lowest BCUT2D eigenvalue weighted by Gasteiger charge is -2.21. The second-order valence-corrected chi connectivity index (χ2v) is 6.78. The van der Waals surface area contributed by atoms with Crippen molar-refractivity contribution in [2.24, 2.45) is 0 Å². The van der Waals surface area contributed by atoms with E-state index in [1.165, 1.54) is 11.8 Å². The lowest BCUT2D eigenvalue weighted by atomic mass is 10.0. The number of methoxy groups -OCH3 is 1. The second kappa shape index (κ2) is 7.48. The maximum atomic E-state index is 14.8. The lowest BCUT2D eigenvalue weighted by Crippen LogP contribution is -2.31. The largest absolute Gasteiger partial charge is 0.482 e. The van der Waals surface area contributed by atoms with E-state index in [2.05, 4.69) is 10.4 Å². The van der Waals surface area contributed by atoms with Crippen LogP contribution in [0.3, 0.4) is 0 Å². The Morgan fingerprint density at radius 3 is 2.54 bits per heavy atom. The molecule has 1 unspecified atom stereocenters. The van der Waals surface area contributed by atoms with Crippen LogP contribution in [0.15, 0.2) is 71.4 Å². The molecule has 142 valence electrons. The van der Waals surface area contributed by atoms with Gasteiger partial charge in [-0.25, -0.2) is 9.07 Å². The highest BCUT2D eigenvalue weighted by molar-refractivity contribution is 6.30. The summed E-state index contributed by atoms with van der Waals surface area (Å²) in [6.07, 6.45) is 1.75. The van der Waals surface area contributed by atoms with Gasteiger partial charge in [-0.2, -0.15) is 5.10 Å². The standard InChI is InChI=1S/C21H17ClFN3O2/c1-28-18-11-10-17(20(23)24-18)19-15-4-2-3-5-16(15)21(27)26(25-19)12-13-6-8-14(22)9-7-13/h2-11,20,24H,12H2,1H3. The van der Waals surface area contributed by atoms with E-state index in [-0.39, 0.29) is 12.1 Å². The molecule has 1 aliphatic heterocycles. The number of fused-ring (bicyclic) bond motifs is 1. The molecule has 1 aromatic heterocycles. The van der Waals surface area contributed by atoms with E-state index < -0.39 is 6.30 Å². The molecule has 0 amide bonds. The fraction of sp³-hybridized carbons (Fsp3) is 0.143. The molecule has 1 N–H and O–H groups in total. The van der Waals surface area contributed by atoms with Crippen molar-refractivity contribution in [1.82, 2.24) is 15.1 Å². The Morgan fingerprint density at radius 2 is 1.86 bits per heavy atom. The molecular weight excluding hydrogens is 381 g/mol. The molecule has 5 nitrogen and oxygen atoms in total. The smallest absolute Gasteiger partial charge is 0.274 e. The molecule has 1 aliphatic rings. The molecule has 3 aromatic rings. The molecule has 0 bridgehead atoms. The molecule has 1 atom stereocenters. The second-order valence-electron chi connectivity index (χ2n) is 6.35. The van der Waals surface area contributed by atoms with Crippen molar-refractivity contribution < 1.29 is 9.13 Å². The SMILES string of the molecule is COC1=CC=C(c2nn(Cc3ccc(Cl)cc3)c(=O)c3ccccc23)C(F)N1. The van der Waals surface area contributed by atoms with Gasteiger partial charge in [0.05, 0.1) is 24.7 Å². The Kier molecular flexibility index (Phi) is 4.88. The molecule has 0 aliphatic carbocycles. The van der Waals surface area contributed by atoms with Gasteiger partial charge in [0.25, 0.3) is 5.56 Å². The number of rotatable bonds is 4. The molecule has 4 rings (SSSR count). The van der Waals surface area contributed by atoms with Crippen molar-refractivity contribution in [1.29, 1.82) is 0 Å². The van der Waals surface area contributed by atoms with Crippen LogP contribution in [0.4, 0.5) is 4.39 Å². The Hall–Kier alpha value is -3.12. The molecule has 0 saturated carbocycles. The normalized spacial score (nSPS) is 16.3. The third-order valence-electron chi connectivity index (χ3n) is 4.56. The van der Waals surface area contributed by atoms with Crippen LogP contribution in [0, 0.1) is 0 Å². The number of hydrogen-bond acceptors (Lipinski definition) is 4. The average Bonchev–Trinajstić information content (AvgIpc) is 2.72. The number of dihydropyridines is 1. The summed E-state index contributed by atoms with van der Waals surface area (Å²) in [5.41, 5.74) is 1.38. The number of alkyl halides is 1. The number of aromatic nitrogens is 2. The minimum absolute atomic E-state index is 0.234. The van der Waals surface area contributed by atoms with Crippen molar-refractivity contribution in [2.75, 3.05) is 7.11 Å². The van der Waals surface area contributed by atoms with Crippen molar-refractivity contribution in [3.8, 4) is 0 Å². The Balaban J connectivity index is 1.88. The molecule has 0 saturated heterocycles. The highest BCUT2D eigenvalue weighted by Crippen LogP contribution is 2.27. The first-order chi connectivity index (χ1) is 13.6. The molecule has 0 spiro atoms. The zero-order valence-corrected chi connectivity index (χ0v) is 15.8. The summed E-state index contributed by atoms with van der Waals surface area (Å²) in [5.74, 6) is 0.329. The predicted molar refractivity (Wildman–Crippen MR) is 108 cm³/mol. The van der Waals surface area contributed by atoms with Gasteiger partial charge < -0.3 is 10.1 Å². The zero-order valence-electron chi connectivity index (χ0n) is 15.0. The first-order valence-corrected chi connectivity index (χ1v) is 9.06. The number of ether oxygens (including phenoxy) is 1. The Labute approximate surface area is 165 Å². The van der Waals surface area contributed by atoms with E-state index in [1.54, 1.807) is 48.6 Å². The summed E-state index contributed by atoms with van der Waals surface area (Å²) in [5, 5.41) is 8.82. The number of benzene rings is 2. The van der Waals surface area contributed by atoms with Crippen LogP contribution >= 0.6 is 11.6 Å². The zero-order chi connectivity index (χ0) is 19.7. The minimum atomic E-state index is -1.50. The Morgan fingerprint density at radius 1 is 1.14 bits per heavy atom. The number of allylic oxidation sites excluding steroid dienone is 2. The fourth-order valence-corrected chi connectivity index (χ4v) is 3.27. The van der Waals surface area contributed by atoms with Crippen LogP contribution in [0.1, 0.15) is 11.3 Å². The van der Waals surface area contributed by atoms with Crippen LogP contribution in [0.25, 0.3) is 16.3 Å². The van der Waals surface area contributed by atoms with E-state index in [1.807, 2.05) is 12.1 Å². The van der Waals surface area contributed by atoms with Gasteiger partial charge >= 0.3 is 0 Å². The van der Waals surface area contributed by atoms with E-state index in [0.29, 0.717) is 32.9 Å². The van der Waals surface area contributed by atoms with E-state index in [9.17, 15) is 9.18 Å². The molecule has 0 fully saturated rings. The monoisotopic (exact) mass is 397 g/mol. The number of nitrogens with zero attached hydrogens (tertiary/aromatic N) is 2. The van der Waals surface area contributed by atoms with Gasteiger partial charge in [-0.05, 0) is 35.9 Å². The van der Waals surface area contributed by atoms with Crippen molar-refractivity contribution >= 4 is 27.9 Å². The molecule has 28 heavy (non-hydrogen) atoms. The van der Waals surface area contributed by atoms with Crippen molar-refractivity contribution in [3.05, 3.63) is 93.2 Å². The molecule has 2 aromatic carbocycles. The van der Waals surface area contributed by atoms with Crippen LogP contribution in [0.5, 0.6) is 0 Å². The van der Waals surface area contributed by atoms with Gasteiger partial charge in [0.15, 0.2) is 12.2 Å². The maximum Gasteiger partial charge on any atom is 0.274 e.